The van der Waals surface area contributed by atoms with E-state index in [4.69, 9.17) is 16.3 Å². The van der Waals surface area contributed by atoms with E-state index >= 15 is 0 Å². The van der Waals surface area contributed by atoms with Gasteiger partial charge in [0.15, 0.2) is 6.61 Å². The molecule has 1 N–H and O–H groups in total. The summed E-state index contributed by atoms with van der Waals surface area (Å²) in [5.41, 5.74) is 2.39. The molecule has 24 heavy (non-hydrogen) atoms. The van der Waals surface area contributed by atoms with Crippen LogP contribution in [0, 0.1) is 6.92 Å². The van der Waals surface area contributed by atoms with Crippen molar-refractivity contribution in [3.63, 3.8) is 0 Å². The number of esters is 1. The summed E-state index contributed by atoms with van der Waals surface area (Å²) in [5.74, 6) is -0.0213. The van der Waals surface area contributed by atoms with E-state index in [2.05, 4.69) is 10.1 Å². The Morgan fingerprint density at radius 1 is 1.12 bits per heavy atom. The summed E-state index contributed by atoms with van der Waals surface area (Å²) in [4.78, 5) is 23.1. The van der Waals surface area contributed by atoms with E-state index in [0.29, 0.717) is 16.5 Å². The van der Waals surface area contributed by atoms with Crippen LogP contribution in [0.4, 0.5) is 5.69 Å². The molecule has 0 bridgehead atoms. The van der Waals surface area contributed by atoms with Crippen LogP contribution in [0.25, 0.3) is 0 Å². The molecular weight excluding hydrogens is 330 g/mol. The van der Waals surface area contributed by atoms with Crippen molar-refractivity contribution in [3.05, 3.63) is 58.6 Å². The Labute approximate surface area is 145 Å². The lowest BCUT2D eigenvalue weighted by Gasteiger charge is -2.10. The van der Waals surface area contributed by atoms with E-state index in [0.717, 1.165) is 11.1 Å². The summed E-state index contributed by atoms with van der Waals surface area (Å²) >= 11 is 5.88. The number of aryl methyl sites for hydroxylation is 1. The molecule has 0 saturated heterocycles. The Hall–Kier alpha value is -2.53. The van der Waals surface area contributed by atoms with E-state index in [9.17, 15) is 9.59 Å². The van der Waals surface area contributed by atoms with Gasteiger partial charge >= 0.3 is 5.97 Å². The minimum absolute atomic E-state index is 0.113. The quantitative estimate of drug-likeness (QED) is 0.813. The van der Waals surface area contributed by atoms with Gasteiger partial charge in [-0.05, 0) is 48.4 Å². The Bertz CT molecular complexity index is 728. The Kier molecular flexibility index (Phi) is 6.21. The first-order valence-electron chi connectivity index (χ1n) is 7.32. The molecule has 0 spiro atoms. The lowest BCUT2D eigenvalue weighted by atomic mass is 10.1. The van der Waals surface area contributed by atoms with Gasteiger partial charge in [0, 0.05) is 10.7 Å². The standard InChI is InChI=1S/C18H18ClNO4/c1-12-9-14(19)5-8-16(12)20-17(21)11-24-15-6-3-13(4-7-15)10-18(22)23-2/h3-9H,10-11H2,1-2H3,(H,20,21). The average molecular weight is 348 g/mol. The van der Waals surface area contributed by atoms with Gasteiger partial charge in [-0.3, -0.25) is 9.59 Å². The summed E-state index contributed by atoms with van der Waals surface area (Å²) in [6.45, 7) is 1.75. The third kappa shape index (κ3) is 5.28. The lowest BCUT2D eigenvalue weighted by Crippen LogP contribution is -2.20. The van der Waals surface area contributed by atoms with Gasteiger partial charge in [0.1, 0.15) is 5.75 Å². The number of anilines is 1. The van der Waals surface area contributed by atoms with Crippen LogP contribution in [0.1, 0.15) is 11.1 Å². The molecule has 0 atom stereocenters. The number of benzene rings is 2. The van der Waals surface area contributed by atoms with Crippen LogP contribution in [0.15, 0.2) is 42.5 Å². The highest BCUT2D eigenvalue weighted by molar-refractivity contribution is 6.30. The van der Waals surface area contributed by atoms with Crippen molar-refractivity contribution in [2.24, 2.45) is 0 Å². The van der Waals surface area contributed by atoms with Crippen molar-refractivity contribution in [2.45, 2.75) is 13.3 Å². The maximum absolute atomic E-state index is 11.9. The molecule has 126 valence electrons. The second-order valence-corrected chi connectivity index (χ2v) is 5.63. The number of hydrogen-bond acceptors (Lipinski definition) is 4. The van der Waals surface area contributed by atoms with Crippen molar-refractivity contribution in [3.8, 4) is 5.75 Å². The first-order chi connectivity index (χ1) is 11.5. The third-order valence-corrected chi connectivity index (χ3v) is 3.57. The maximum Gasteiger partial charge on any atom is 0.309 e. The fraction of sp³-hybridized carbons (Fsp3) is 0.222. The summed E-state index contributed by atoms with van der Waals surface area (Å²) < 4.78 is 10.0. The number of hydrogen-bond donors (Lipinski definition) is 1. The Morgan fingerprint density at radius 3 is 2.46 bits per heavy atom. The van der Waals surface area contributed by atoms with Gasteiger partial charge in [0.2, 0.25) is 0 Å². The molecule has 0 aliphatic rings. The monoisotopic (exact) mass is 347 g/mol. The molecule has 0 fully saturated rings. The number of carbonyl (C=O) groups is 2. The summed E-state index contributed by atoms with van der Waals surface area (Å²) in [6, 6.07) is 12.2. The predicted molar refractivity (Wildman–Crippen MR) is 92.5 cm³/mol. The second kappa shape index (κ2) is 8.36. The number of amides is 1. The summed E-state index contributed by atoms with van der Waals surface area (Å²) in [7, 11) is 1.35. The molecule has 0 heterocycles. The highest BCUT2D eigenvalue weighted by Crippen LogP contribution is 2.19. The van der Waals surface area contributed by atoms with E-state index in [1.165, 1.54) is 7.11 Å². The molecule has 0 aliphatic carbocycles. The van der Waals surface area contributed by atoms with Crippen molar-refractivity contribution in [1.29, 1.82) is 0 Å². The molecular formula is C18H18ClNO4. The number of carbonyl (C=O) groups excluding carboxylic acids is 2. The van der Waals surface area contributed by atoms with E-state index in [-0.39, 0.29) is 24.9 Å². The molecule has 5 nitrogen and oxygen atoms in total. The minimum Gasteiger partial charge on any atom is -0.484 e. The van der Waals surface area contributed by atoms with Crippen molar-refractivity contribution in [2.75, 3.05) is 19.0 Å². The van der Waals surface area contributed by atoms with Crippen molar-refractivity contribution >= 4 is 29.2 Å². The zero-order valence-corrected chi connectivity index (χ0v) is 14.2. The van der Waals surface area contributed by atoms with Crippen molar-refractivity contribution < 1.29 is 19.1 Å². The highest BCUT2D eigenvalue weighted by atomic mass is 35.5. The van der Waals surface area contributed by atoms with Gasteiger partial charge in [-0.2, -0.15) is 0 Å². The predicted octanol–water partition coefficient (Wildman–Crippen LogP) is 3.38. The summed E-state index contributed by atoms with van der Waals surface area (Å²) in [5, 5.41) is 3.39. The summed E-state index contributed by atoms with van der Waals surface area (Å²) in [6.07, 6.45) is 0.201. The van der Waals surface area contributed by atoms with Crippen LogP contribution in [0.5, 0.6) is 5.75 Å². The van der Waals surface area contributed by atoms with Crippen LogP contribution in [-0.4, -0.2) is 25.6 Å². The van der Waals surface area contributed by atoms with E-state index in [1.807, 2.05) is 6.92 Å². The first kappa shape index (κ1) is 17.8. The lowest BCUT2D eigenvalue weighted by molar-refractivity contribution is -0.139. The SMILES string of the molecule is COC(=O)Cc1ccc(OCC(=O)Nc2ccc(Cl)cc2C)cc1. The number of ether oxygens (including phenoxy) is 2. The molecule has 2 aromatic carbocycles. The van der Waals surface area contributed by atoms with Crippen LogP contribution >= 0.6 is 11.6 Å². The van der Waals surface area contributed by atoms with Crippen LogP contribution in [0.2, 0.25) is 5.02 Å². The van der Waals surface area contributed by atoms with E-state index < -0.39 is 0 Å². The normalized spacial score (nSPS) is 10.1. The van der Waals surface area contributed by atoms with E-state index in [1.54, 1.807) is 42.5 Å². The highest BCUT2D eigenvalue weighted by Gasteiger charge is 2.07. The van der Waals surface area contributed by atoms with Gasteiger partial charge in [-0.25, -0.2) is 0 Å². The topological polar surface area (TPSA) is 64.6 Å². The molecule has 2 rings (SSSR count). The first-order valence-corrected chi connectivity index (χ1v) is 7.70. The van der Waals surface area contributed by atoms with Gasteiger partial charge in [-0.1, -0.05) is 23.7 Å². The van der Waals surface area contributed by atoms with Crippen LogP contribution in [0.3, 0.4) is 0 Å². The molecule has 6 heteroatoms. The molecule has 0 saturated carbocycles. The number of nitrogens with one attached hydrogen (secondary N) is 1. The third-order valence-electron chi connectivity index (χ3n) is 3.33. The molecule has 1 amide bonds. The molecule has 0 aliphatic heterocycles. The Balaban J connectivity index is 1.86. The number of halogens is 1. The maximum atomic E-state index is 11.9. The molecule has 2 aromatic rings. The van der Waals surface area contributed by atoms with Gasteiger partial charge < -0.3 is 14.8 Å². The largest absolute Gasteiger partial charge is 0.484 e. The Morgan fingerprint density at radius 2 is 1.83 bits per heavy atom. The molecule has 0 unspecified atom stereocenters. The zero-order chi connectivity index (χ0) is 17.5. The van der Waals surface area contributed by atoms with Gasteiger partial charge in [-0.15, -0.1) is 0 Å². The second-order valence-electron chi connectivity index (χ2n) is 5.19. The van der Waals surface area contributed by atoms with Crippen LogP contribution < -0.4 is 10.1 Å². The fourth-order valence-corrected chi connectivity index (χ4v) is 2.27. The molecule has 0 aromatic heterocycles. The van der Waals surface area contributed by atoms with Gasteiger partial charge in [0.05, 0.1) is 13.5 Å². The van der Waals surface area contributed by atoms with Crippen LogP contribution in [-0.2, 0) is 20.7 Å². The minimum atomic E-state index is -0.304. The smallest absolute Gasteiger partial charge is 0.309 e. The number of rotatable bonds is 6. The molecule has 0 radical (unpaired) electrons. The average Bonchev–Trinajstić information content (AvgIpc) is 2.56. The zero-order valence-electron chi connectivity index (χ0n) is 13.5. The van der Waals surface area contributed by atoms with Gasteiger partial charge in [0.25, 0.3) is 5.91 Å². The van der Waals surface area contributed by atoms with Crippen molar-refractivity contribution in [1.82, 2.24) is 0 Å². The fourth-order valence-electron chi connectivity index (χ4n) is 2.04. The number of methoxy groups -OCH3 is 1.